The Bertz CT molecular complexity index is 3250. The molecule has 12 rings (SSSR count). The summed E-state index contributed by atoms with van der Waals surface area (Å²) in [6.07, 6.45) is 0. The van der Waals surface area contributed by atoms with E-state index < -0.39 is 5.41 Å². The molecule has 3 nitrogen and oxygen atoms in total. The van der Waals surface area contributed by atoms with Crippen molar-refractivity contribution in [1.82, 2.24) is 9.97 Å². The largest absolute Gasteiger partial charge is 0.457 e. The van der Waals surface area contributed by atoms with E-state index >= 15 is 0 Å². The molecule has 0 radical (unpaired) electrons. The van der Waals surface area contributed by atoms with Crippen LogP contribution in [0.2, 0.25) is 0 Å². The Morgan fingerprint density at radius 1 is 0.300 bits per heavy atom. The van der Waals surface area contributed by atoms with Gasteiger partial charge in [-0.25, -0.2) is 9.97 Å². The molecule has 0 atom stereocenters. The van der Waals surface area contributed by atoms with E-state index in [0.717, 1.165) is 61.7 Å². The highest BCUT2D eigenvalue weighted by molar-refractivity contribution is 6.04. The molecule has 2 heterocycles. The first-order valence-corrected chi connectivity index (χ1v) is 20.5. The van der Waals surface area contributed by atoms with Crippen molar-refractivity contribution in [3.8, 4) is 78.8 Å². The highest BCUT2D eigenvalue weighted by Gasteiger charge is 2.50. The first kappa shape index (κ1) is 34.2. The summed E-state index contributed by atoms with van der Waals surface area (Å²) < 4.78 is 6.85. The Balaban J connectivity index is 1.00. The van der Waals surface area contributed by atoms with Crippen LogP contribution in [0.15, 0.2) is 218 Å². The van der Waals surface area contributed by atoms with E-state index in [9.17, 15) is 0 Å². The van der Waals surface area contributed by atoms with Gasteiger partial charge in [-0.2, -0.15) is 0 Å². The Labute approximate surface area is 348 Å². The van der Waals surface area contributed by atoms with Crippen LogP contribution in [0.5, 0.6) is 11.5 Å². The summed E-state index contributed by atoms with van der Waals surface area (Å²) in [6, 6.07) is 77.7. The highest BCUT2D eigenvalue weighted by atomic mass is 16.5. The minimum Gasteiger partial charge on any atom is -0.457 e. The maximum absolute atomic E-state index is 6.85. The van der Waals surface area contributed by atoms with E-state index in [4.69, 9.17) is 14.7 Å². The van der Waals surface area contributed by atoms with Crippen molar-refractivity contribution in [2.24, 2.45) is 0 Å². The molecule has 0 bridgehead atoms. The third-order valence-corrected chi connectivity index (χ3v) is 12.4. The summed E-state index contributed by atoms with van der Waals surface area (Å²) in [4.78, 5) is 10.6. The van der Waals surface area contributed by atoms with Crippen LogP contribution in [0.4, 0.5) is 0 Å². The Morgan fingerprint density at radius 3 is 1.58 bits per heavy atom. The smallest absolute Gasteiger partial charge is 0.160 e. The van der Waals surface area contributed by atoms with Crippen molar-refractivity contribution in [3.63, 3.8) is 0 Å². The van der Waals surface area contributed by atoms with Crippen LogP contribution in [0, 0.1) is 0 Å². The third kappa shape index (κ3) is 5.23. The monoisotopic (exact) mass is 764 g/mol. The van der Waals surface area contributed by atoms with Gasteiger partial charge in [0.15, 0.2) is 5.82 Å². The maximum Gasteiger partial charge on any atom is 0.160 e. The molecule has 280 valence electrons. The quantitative estimate of drug-likeness (QED) is 0.175. The van der Waals surface area contributed by atoms with Crippen molar-refractivity contribution in [3.05, 3.63) is 241 Å². The van der Waals surface area contributed by atoms with E-state index in [-0.39, 0.29) is 0 Å². The molecule has 0 fully saturated rings. The first-order valence-electron chi connectivity index (χ1n) is 20.5. The van der Waals surface area contributed by atoms with Gasteiger partial charge >= 0.3 is 0 Å². The number of ether oxygens (including phenoxy) is 1. The van der Waals surface area contributed by atoms with Crippen LogP contribution >= 0.6 is 0 Å². The molecule has 1 aliphatic carbocycles. The van der Waals surface area contributed by atoms with Gasteiger partial charge in [-0.3, -0.25) is 0 Å². The number of aromatic nitrogens is 2. The normalized spacial score (nSPS) is 12.9. The zero-order valence-corrected chi connectivity index (χ0v) is 32.6. The Hall–Kier alpha value is -7.88. The molecule has 60 heavy (non-hydrogen) atoms. The third-order valence-electron chi connectivity index (χ3n) is 12.4. The fourth-order valence-electron chi connectivity index (χ4n) is 9.74. The molecule has 0 saturated heterocycles. The topological polar surface area (TPSA) is 35.0 Å². The summed E-state index contributed by atoms with van der Waals surface area (Å²) >= 11 is 0. The van der Waals surface area contributed by atoms with Gasteiger partial charge in [-0.15, -0.1) is 0 Å². The lowest BCUT2D eigenvalue weighted by Gasteiger charge is -2.39. The molecule has 0 unspecified atom stereocenters. The number of fused-ring (bicyclic) bond motifs is 10. The molecule has 0 N–H and O–H groups in total. The van der Waals surface area contributed by atoms with Crippen LogP contribution in [-0.4, -0.2) is 9.97 Å². The molecule has 3 heteroatoms. The van der Waals surface area contributed by atoms with Gasteiger partial charge < -0.3 is 4.74 Å². The Kier molecular flexibility index (Phi) is 7.76. The summed E-state index contributed by atoms with van der Waals surface area (Å²) in [5.41, 5.74) is 16.2. The van der Waals surface area contributed by atoms with Gasteiger partial charge in [0, 0.05) is 27.8 Å². The predicted octanol–water partition coefficient (Wildman–Crippen LogP) is 14.4. The lowest BCUT2D eigenvalue weighted by molar-refractivity contribution is 0.436. The number of hydrogen-bond acceptors (Lipinski definition) is 3. The average Bonchev–Trinajstić information content (AvgIpc) is 3.62. The molecule has 0 amide bonds. The SMILES string of the molecule is c1ccc(-c2cc(-c3ccc(-c4ccccc4)c4ccccc34)nc(-c3cccc(-c4ccc5c(c4)Oc4ccccc4C54c5ccccc5-c5ccccc54)c3)n2)cc1. The van der Waals surface area contributed by atoms with Gasteiger partial charge in [0.2, 0.25) is 0 Å². The summed E-state index contributed by atoms with van der Waals surface area (Å²) in [7, 11) is 0. The zero-order chi connectivity index (χ0) is 39.6. The second kappa shape index (κ2) is 13.6. The number of benzene rings is 9. The highest BCUT2D eigenvalue weighted by Crippen LogP contribution is 2.62. The molecule has 1 spiro atoms. The van der Waals surface area contributed by atoms with Crippen LogP contribution in [0.1, 0.15) is 22.3 Å². The minimum absolute atomic E-state index is 0.497. The maximum atomic E-state index is 6.85. The average molecular weight is 765 g/mol. The van der Waals surface area contributed by atoms with Crippen molar-refractivity contribution >= 4 is 10.8 Å². The van der Waals surface area contributed by atoms with Crippen molar-refractivity contribution in [2.75, 3.05) is 0 Å². The lowest BCUT2D eigenvalue weighted by Crippen LogP contribution is -2.32. The van der Waals surface area contributed by atoms with E-state index in [1.54, 1.807) is 0 Å². The number of nitrogens with zero attached hydrogens (tertiary/aromatic N) is 2. The van der Waals surface area contributed by atoms with E-state index in [0.29, 0.717) is 5.82 Å². The standard InChI is InChI=1S/C57H36N2O/c1-3-16-37(17-4-1)42-31-32-47(44-23-8-7-22-43(42)44)53-36-52(38-18-5-2-6-19-38)58-56(59-53)41-21-15-20-39(34-41)40-30-33-51-55(35-40)60-54-29-14-13-28-50(54)57(51)48-26-11-9-24-45(48)46-25-10-12-27-49(46)57/h1-36H. The van der Waals surface area contributed by atoms with Crippen LogP contribution in [0.3, 0.4) is 0 Å². The summed E-state index contributed by atoms with van der Waals surface area (Å²) in [5, 5.41) is 2.34. The molecule has 1 aliphatic heterocycles. The summed E-state index contributed by atoms with van der Waals surface area (Å²) in [5.74, 6) is 2.41. The van der Waals surface area contributed by atoms with Gasteiger partial charge in [0.25, 0.3) is 0 Å². The predicted molar refractivity (Wildman–Crippen MR) is 244 cm³/mol. The zero-order valence-electron chi connectivity index (χ0n) is 32.6. The number of rotatable bonds is 5. The van der Waals surface area contributed by atoms with Crippen LogP contribution in [-0.2, 0) is 5.41 Å². The number of para-hydroxylation sites is 1. The van der Waals surface area contributed by atoms with Crippen molar-refractivity contribution in [2.45, 2.75) is 5.41 Å². The molecular weight excluding hydrogens is 729 g/mol. The molecule has 1 aromatic heterocycles. The first-order chi connectivity index (χ1) is 29.7. The van der Waals surface area contributed by atoms with Crippen LogP contribution < -0.4 is 4.74 Å². The summed E-state index contributed by atoms with van der Waals surface area (Å²) in [6.45, 7) is 0. The molecule has 0 saturated carbocycles. The number of hydrogen-bond donors (Lipinski definition) is 0. The fraction of sp³-hybridized carbons (Fsp3) is 0.0175. The van der Waals surface area contributed by atoms with Crippen molar-refractivity contribution < 1.29 is 4.74 Å². The van der Waals surface area contributed by atoms with Gasteiger partial charge in [-0.1, -0.05) is 194 Å². The molecule has 9 aromatic carbocycles. The molecule has 2 aliphatic rings. The second-order valence-electron chi connectivity index (χ2n) is 15.6. The fourth-order valence-corrected chi connectivity index (χ4v) is 9.74. The van der Waals surface area contributed by atoms with Gasteiger partial charge in [0.1, 0.15) is 11.5 Å². The molecule has 10 aromatic rings. The van der Waals surface area contributed by atoms with E-state index in [1.807, 2.05) is 6.07 Å². The van der Waals surface area contributed by atoms with Gasteiger partial charge in [-0.05, 0) is 79.5 Å². The van der Waals surface area contributed by atoms with E-state index in [2.05, 4.69) is 212 Å². The second-order valence-corrected chi connectivity index (χ2v) is 15.6. The van der Waals surface area contributed by atoms with Crippen molar-refractivity contribution in [1.29, 1.82) is 0 Å². The van der Waals surface area contributed by atoms with Gasteiger partial charge in [0.05, 0.1) is 16.8 Å². The lowest BCUT2D eigenvalue weighted by atomic mass is 9.66. The minimum atomic E-state index is -0.497. The van der Waals surface area contributed by atoms with Crippen LogP contribution in [0.25, 0.3) is 78.1 Å². The Morgan fingerprint density at radius 2 is 0.833 bits per heavy atom. The molecular formula is C57H36N2O. The van der Waals surface area contributed by atoms with E-state index in [1.165, 1.54) is 44.3 Å².